The molecule has 2 aromatic carbocycles. The lowest BCUT2D eigenvalue weighted by atomic mass is 10.2. The van der Waals surface area contributed by atoms with E-state index in [1.807, 2.05) is 30.3 Å². The highest BCUT2D eigenvalue weighted by Crippen LogP contribution is 2.33. The summed E-state index contributed by atoms with van der Waals surface area (Å²) in [6.45, 7) is 0. The number of phenolic OH excluding ortho intramolecular Hbond substituents is 1. The number of rotatable bonds is 4. The lowest BCUT2D eigenvalue weighted by Gasteiger charge is -2.09. The third kappa shape index (κ3) is 3.11. The molecule has 2 aromatic rings. The fraction of sp³-hybridized carbons (Fsp3) is 0.143. The number of nitrogens with two attached hydrogens (primary N) is 1. The number of anilines is 1. The van der Waals surface area contributed by atoms with E-state index in [1.54, 1.807) is 31.0 Å². The van der Waals surface area contributed by atoms with Crippen molar-refractivity contribution in [1.82, 2.24) is 0 Å². The van der Waals surface area contributed by atoms with E-state index >= 15 is 0 Å². The first kappa shape index (κ1) is 12.6. The van der Waals surface area contributed by atoms with Crippen molar-refractivity contribution in [3.8, 4) is 11.5 Å². The highest BCUT2D eigenvalue weighted by atomic mass is 32.2. The van der Waals surface area contributed by atoms with Gasteiger partial charge in [0, 0.05) is 22.4 Å². The average Bonchev–Trinajstić information content (AvgIpc) is 2.39. The van der Waals surface area contributed by atoms with E-state index in [4.69, 9.17) is 10.5 Å². The molecule has 0 aliphatic carbocycles. The van der Waals surface area contributed by atoms with E-state index in [1.165, 1.54) is 0 Å². The first-order valence-electron chi connectivity index (χ1n) is 5.53. The van der Waals surface area contributed by atoms with Crippen molar-refractivity contribution in [1.29, 1.82) is 0 Å². The van der Waals surface area contributed by atoms with Gasteiger partial charge in [-0.15, -0.1) is 11.8 Å². The van der Waals surface area contributed by atoms with Gasteiger partial charge in [0.15, 0.2) is 0 Å². The fourth-order valence-electron chi connectivity index (χ4n) is 1.56. The number of nitrogen functional groups attached to an aromatic ring is 1. The van der Waals surface area contributed by atoms with Gasteiger partial charge in [0.1, 0.15) is 11.5 Å². The summed E-state index contributed by atoms with van der Waals surface area (Å²) in [5.74, 6) is 1.90. The van der Waals surface area contributed by atoms with Crippen LogP contribution in [0.25, 0.3) is 0 Å². The Kier molecular flexibility index (Phi) is 3.99. The first-order chi connectivity index (χ1) is 8.69. The van der Waals surface area contributed by atoms with Crippen molar-refractivity contribution < 1.29 is 9.84 Å². The lowest BCUT2D eigenvalue weighted by molar-refractivity contribution is 0.405. The number of methoxy groups -OCH3 is 1. The van der Waals surface area contributed by atoms with Crippen LogP contribution in [0.3, 0.4) is 0 Å². The van der Waals surface area contributed by atoms with Gasteiger partial charge < -0.3 is 15.6 Å². The van der Waals surface area contributed by atoms with Crippen molar-refractivity contribution in [2.75, 3.05) is 12.8 Å². The zero-order valence-corrected chi connectivity index (χ0v) is 10.9. The molecule has 3 nitrogen and oxygen atoms in total. The fourth-order valence-corrected chi connectivity index (χ4v) is 2.52. The van der Waals surface area contributed by atoms with Crippen LogP contribution in [0.5, 0.6) is 11.5 Å². The minimum absolute atomic E-state index is 0.286. The van der Waals surface area contributed by atoms with Crippen LogP contribution in [0.15, 0.2) is 47.4 Å². The van der Waals surface area contributed by atoms with Gasteiger partial charge in [0.25, 0.3) is 0 Å². The molecular formula is C14H15NO2S. The van der Waals surface area contributed by atoms with E-state index in [0.29, 0.717) is 5.69 Å². The van der Waals surface area contributed by atoms with Crippen LogP contribution < -0.4 is 10.5 Å². The summed E-state index contributed by atoms with van der Waals surface area (Å²) in [6.07, 6.45) is 0. The van der Waals surface area contributed by atoms with Gasteiger partial charge in [-0.2, -0.15) is 0 Å². The standard InChI is InChI=1S/C14H15NO2S/c1-17-13-8-11(15)4-7-14(13)18-9-10-2-5-12(16)6-3-10/h2-8,16H,9,15H2,1H3. The van der Waals surface area contributed by atoms with Crippen LogP contribution in [-0.2, 0) is 5.75 Å². The number of phenols is 1. The molecular weight excluding hydrogens is 246 g/mol. The minimum atomic E-state index is 0.286. The molecule has 0 saturated heterocycles. The molecule has 0 atom stereocenters. The second kappa shape index (κ2) is 5.69. The van der Waals surface area contributed by atoms with Gasteiger partial charge in [0.2, 0.25) is 0 Å². The molecule has 0 heterocycles. The highest BCUT2D eigenvalue weighted by molar-refractivity contribution is 7.98. The largest absolute Gasteiger partial charge is 0.508 e. The molecule has 0 amide bonds. The molecule has 4 heteroatoms. The smallest absolute Gasteiger partial charge is 0.134 e. The van der Waals surface area contributed by atoms with Crippen LogP contribution in [0, 0.1) is 0 Å². The van der Waals surface area contributed by atoms with Gasteiger partial charge in [-0.3, -0.25) is 0 Å². The van der Waals surface area contributed by atoms with Crippen LogP contribution in [0.4, 0.5) is 5.69 Å². The van der Waals surface area contributed by atoms with Gasteiger partial charge >= 0.3 is 0 Å². The molecule has 0 bridgehead atoms. The van der Waals surface area contributed by atoms with E-state index < -0.39 is 0 Å². The first-order valence-corrected chi connectivity index (χ1v) is 6.52. The summed E-state index contributed by atoms with van der Waals surface area (Å²) in [6, 6.07) is 12.8. The molecule has 0 aliphatic heterocycles. The van der Waals surface area contributed by atoms with Gasteiger partial charge in [-0.25, -0.2) is 0 Å². The number of thioether (sulfide) groups is 1. The second-order valence-corrected chi connectivity index (χ2v) is 4.88. The Balaban J connectivity index is 2.08. The summed E-state index contributed by atoms with van der Waals surface area (Å²) in [7, 11) is 1.64. The van der Waals surface area contributed by atoms with E-state index in [0.717, 1.165) is 22.0 Å². The molecule has 0 fully saturated rings. The molecule has 0 spiro atoms. The predicted molar refractivity (Wildman–Crippen MR) is 75.1 cm³/mol. The number of benzene rings is 2. The Morgan fingerprint density at radius 2 is 1.89 bits per heavy atom. The van der Waals surface area contributed by atoms with Crippen LogP contribution in [0.1, 0.15) is 5.56 Å². The second-order valence-electron chi connectivity index (χ2n) is 3.87. The van der Waals surface area contributed by atoms with Crippen LogP contribution >= 0.6 is 11.8 Å². The Bertz CT molecular complexity index is 526. The molecule has 18 heavy (non-hydrogen) atoms. The molecule has 3 N–H and O–H groups in total. The monoisotopic (exact) mass is 261 g/mol. The SMILES string of the molecule is COc1cc(N)ccc1SCc1ccc(O)cc1. The van der Waals surface area contributed by atoms with Crippen molar-refractivity contribution >= 4 is 17.4 Å². The van der Waals surface area contributed by atoms with Gasteiger partial charge in [-0.05, 0) is 29.8 Å². The molecule has 0 saturated carbocycles. The molecule has 0 aliphatic rings. The molecule has 2 rings (SSSR count). The number of aromatic hydroxyl groups is 1. The van der Waals surface area contributed by atoms with E-state index in [9.17, 15) is 5.11 Å². The van der Waals surface area contributed by atoms with Crippen molar-refractivity contribution in [2.24, 2.45) is 0 Å². The van der Waals surface area contributed by atoms with Crippen molar-refractivity contribution in [3.63, 3.8) is 0 Å². The number of hydrogen-bond acceptors (Lipinski definition) is 4. The Hall–Kier alpha value is -1.81. The summed E-state index contributed by atoms with van der Waals surface area (Å²) in [5, 5.41) is 9.21. The zero-order chi connectivity index (χ0) is 13.0. The highest BCUT2D eigenvalue weighted by Gasteiger charge is 2.04. The zero-order valence-electron chi connectivity index (χ0n) is 10.1. The quantitative estimate of drug-likeness (QED) is 0.655. The predicted octanol–water partition coefficient (Wildman–Crippen LogP) is 3.28. The summed E-state index contributed by atoms with van der Waals surface area (Å²) in [4.78, 5) is 1.06. The van der Waals surface area contributed by atoms with Crippen molar-refractivity contribution in [3.05, 3.63) is 48.0 Å². The average molecular weight is 261 g/mol. The third-order valence-electron chi connectivity index (χ3n) is 2.52. The minimum Gasteiger partial charge on any atom is -0.508 e. The normalized spacial score (nSPS) is 10.3. The molecule has 0 unspecified atom stereocenters. The molecule has 94 valence electrons. The number of ether oxygens (including phenoxy) is 1. The maximum absolute atomic E-state index is 9.21. The Morgan fingerprint density at radius 3 is 2.56 bits per heavy atom. The molecule has 0 aromatic heterocycles. The Labute approximate surface area is 111 Å². The number of hydrogen-bond donors (Lipinski definition) is 2. The van der Waals surface area contributed by atoms with E-state index in [-0.39, 0.29) is 5.75 Å². The van der Waals surface area contributed by atoms with Crippen LogP contribution in [-0.4, -0.2) is 12.2 Å². The van der Waals surface area contributed by atoms with Gasteiger partial charge in [-0.1, -0.05) is 12.1 Å². The third-order valence-corrected chi connectivity index (χ3v) is 3.64. The summed E-state index contributed by atoms with van der Waals surface area (Å²) in [5.41, 5.74) is 7.55. The maximum atomic E-state index is 9.21. The topological polar surface area (TPSA) is 55.5 Å². The summed E-state index contributed by atoms with van der Waals surface area (Å²) < 4.78 is 5.29. The Morgan fingerprint density at radius 1 is 1.17 bits per heavy atom. The summed E-state index contributed by atoms with van der Waals surface area (Å²) >= 11 is 1.68. The van der Waals surface area contributed by atoms with Crippen molar-refractivity contribution in [2.45, 2.75) is 10.6 Å². The van der Waals surface area contributed by atoms with Crippen LogP contribution in [0.2, 0.25) is 0 Å². The van der Waals surface area contributed by atoms with Gasteiger partial charge in [0.05, 0.1) is 7.11 Å². The lowest BCUT2D eigenvalue weighted by Crippen LogP contribution is -1.90. The van der Waals surface area contributed by atoms with E-state index in [2.05, 4.69) is 0 Å². The molecule has 0 radical (unpaired) electrons. The maximum Gasteiger partial charge on any atom is 0.134 e.